The van der Waals surface area contributed by atoms with Crippen molar-refractivity contribution < 1.29 is 4.79 Å². The number of halogens is 1. The summed E-state index contributed by atoms with van der Waals surface area (Å²) in [6, 6.07) is 10.7. The molecule has 1 amide bonds. The molecule has 1 aromatic rings. The second-order valence-electron chi connectivity index (χ2n) is 4.65. The number of hydrogen-bond acceptors (Lipinski definition) is 2. The molecule has 1 saturated heterocycles. The zero-order valence-corrected chi connectivity index (χ0v) is 12.3. The standard InChI is InChI=1S/C14H14BrNOS/c15-13-12(18-11-6-2-1-3-7-11)9-10-5-4-8-16(10)14(13)17/h1-3,6-7,10H,4-5,8-9H2. The molecule has 0 saturated carbocycles. The minimum absolute atomic E-state index is 0.169. The molecule has 94 valence electrons. The summed E-state index contributed by atoms with van der Waals surface area (Å²) in [6.07, 6.45) is 3.27. The lowest BCUT2D eigenvalue weighted by Crippen LogP contribution is -2.39. The van der Waals surface area contributed by atoms with Gasteiger partial charge in [-0.2, -0.15) is 0 Å². The number of carbonyl (C=O) groups excluding carboxylic acids is 1. The number of benzene rings is 1. The van der Waals surface area contributed by atoms with Crippen LogP contribution in [-0.4, -0.2) is 23.4 Å². The summed E-state index contributed by atoms with van der Waals surface area (Å²) in [4.78, 5) is 16.6. The monoisotopic (exact) mass is 323 g/mol. The zero-order valence-electron chi connectivity index (χ0n) is 9.93. The van der Waals surface area contributed by atoms with Gasteiger partial charge in [-0.25, -0.2) is 0 Å². The van der Waals surface area contributed by atoms with Crippen LogP contribution in [0.2, 0.25) is 0 Å². The van der Waals surface area contributed by atoms with Crippen molar-refractivity contribution in [3.05, 3.63) is 39.7 Å². The molecule has 1 atom stereocenters. The van der Waals surface area contributed by atoms with Gasteiger partial charge in [0.2, 0.25) is 0 Å². The lowest BCUT2D eigenvalue weighted by Gasteiger charge is -2.30. The first-order valence-corrected chi connectivity index (χ1v) is 7.79. The highest BCUT2D eigenvalue weighted by atomic mass is 79.9. The molecule has 0 N–H and O–H groups in total. The molecule has 18 heavy (non-hydrogen) atoms. The quantitative estimate of drug-likeness (QED) is 0.825. The minimum atomic E-state index is 0.169. The fraction of sp³-hybridized carbons (Fsp3) is 0.357. The van der Waals surface area contributed by atoms with Gasteiger partial charge < -0.3 is 4.90 Å². The smallest absolute Gasteiger partial charge is 0.261 e. The molecule has 1 unspecified atom stereocenters. The van der Waals surface area contributed by atoms with E-state index in [1.807, 2.05) is 23.1 Å². The normalized spacial score (nSPS) is 23.5. The van der Waals surface area contributed by atoms with Crippen LogP contribution >= 0.6 is 27.7 Å². The van der Waals surface area contributed by atoms with Crippen LogP contribution < -0.4 is 0 Å². The number of nitrogens with zero attached hydrogens (tertiary/aromatic N) is 1. The van der Waals surface area contributed by atoms with Gasteiger partial charge in [0.25, 0.3) is 5.91 Å². The Morgan fingerprint density at radius 3 is 2.83 bits per heavy atom. The van der Waals surface area contributed by atoms with Crippen LogP contribution in [0, 0.1) is 0 Å². The van der Waals surface area contributed by atoms with Gasteiger partial charge in [0.15, 0.2) is 0 Å². The molecule has 2 aliphatic heterocycles. The number of carbonyl (C=O) groups is 1. The summed E-state index contributed by atoms with van der Waals surface area (Å²) in [5, 5.41) is 0. The van der Waals surface area contributed by atoms with Gasteiger partial charge in [-0.1, -0.05) is 30.0 Å². The molecule has 1 fully saturated rings. The Labute approximate surface area is 120 Å². The predicted octanol–water partition coefficient (Wildman–Crippen LogP) is 3.78. The van der Waals surface area contributed by atoms with Gasteiger partial charge in [0.1, 0.15) is 0 Å². The molecule has 3 rings (SSSR count). The summed E-state index contributed by atoms with van der Waals surface area (Å²) < 4.78 is 0.759. The number of hydrogen-bond donors (Lipinski definition) is 0. The molecule has 1 aromatic carbocycles. The van der Waals surface area contributed by atoms with Gasteiger partial charge in [-0.15, -0.1) is 0 Å². The number of amides is 1. The third kappa shape index (κ3) is 2.24. The van der Waals surface area contributed by atoms with Crippen LogP contribution in [0.3, 0.4) is 0 Å². The predicted molar refractivity (Wildman–Crippen MR) is 77.6 cm³/mol. The lowest BCUT2D eigenvalue weighted by atomic mass is 10.1. The second kappa shape index (κ2) is 5.10. The summed E-state index contributed by atoms with van der Waals surface area (Å²) in [7, 11) is 0. The van der Waals surface area contributed by atoms with Crippen molar-refractivity contribution in [2.45, 2.75) is 30.2 Å². The maximum Gasteiger partial charge on any atom is 0.261 e. The van der Waals surface area contributed by atoms with Crippen LogP contribution in [0.15, 0.2) is 44.6 Å². The molecule has 0 spiro atoms. The Balaban J connectivity index is 1.85. The Morgan fingerprint density at radius 2 is 2.06 bits per heavy atom. The Kier molecular flexibility index (Phi) is 3.48. The van der Waals surface area contributed by atoms with E-state index in [0.717, 1.165) is 30.3 Å². The third-order valence-corrected chi connectivity index (χ3v) is 5.68. The highest BCUT2D eigenvalue weighted by Crippen LogP contribution is 2.41. The van der Waals surface area contributed by atoms with Crippen LogP contribution in [0.1, 0.15) is 19.3 Å². The maximum absolute atomic E-state index is 12.2. The van der Waals surface area contributed by atoms with E-state index in [0.29, 0.717) is 6.04 Å². The molecule has 2 aliphatic rings. The van der Waals surface area contributed by atoms with Crippen LogP contribution in [0.5, 0.6) is 0 Å². The second-order valence-corrected chi connectivity index (χ2v) is 6.61. The SMILES string of the molecule is O=C1C(Br)=C(Sc2ccccc2)CC2CCCN12. The van der Waals surface area contributed by atoms with E-state index in [4.69, 9.17) is 0 Å². The number of rotatable bonds is 2. The third-order valence-electron chi connectivity index (χ3n) is 3.48. The van der Waals surface area contributed by atoms with E-state index in [1.54, 1.807) is 11.8 Å². The van der Waals surface area contributed by atoms with Crippen molar-refractivity contribution in [1.82, 2.24) is 4.90 Å². The first-order valence-electron chi connectivity index (χ1n) is 6.18. The van der Waals surface area contributed by atoms with E-state index < -0.39 is 0 Å². The molecule has 2 nitrogen and oxygen atoms in total. The van der Waals surface area contributed by atoms with Crippen molar-refractivity contribution in [1.29, 1.82) is 0 Å². The summed E-state index contributed by atoms with van der Waals surface area (Å²) in [6.45, 7) is 0.919. The molecule has 0 bridgehead atoms. The Bertz CT molecular complexity index is 500. The first kappa shape index (κ1) is 12.3. The Morgan fingerprint density at radius 1 is 1.28 bits per heavy atom. The summed E-state index contributed by atoms with van der Waals surface area (Å²) in [5.74, 6) is 0.169. The molecule has 2 heterocycles. The largest absolute Gasteiger partial charge is 0.335 e. The van der Waals surface area contributed by atoms with E-state index in [2.05, 4.69) is 28.1 Å². The van der Waals surface area contributed by atoms with Crippen LogP contribution in [-0.2, 0) is 4.79 Å². The van der Waals surface area contributed by atoms with Crippen molar-refractivity contribution in [2.75, 3.05) is 6.54 Å². The van der Waals surface area contributed by atoms with Crippen molar-refractivity contribution in [3.8, 4) is 0 Å². The molecular weight excluding hydrogens is 310 g/mol. The van der Waals surface area contributed by atoms with Crippen molar-refractivity contribution >= 4 is 33.6 Å². The van der Waals surface area contributed by atoms with Crippen molar-refractivity contribution in [2.24, 2.45) is 0 Å². The zero-order chi connectivity index (χ0) is 12.5. The molecule has 0 aromatic heterocycles. The molecular formula is C14H14BrNOS. The number of thioether (sulfide) groups is 1. The van der Waals surface area contributed by atoms with Gasteiger partial charge in [-0.3, -0.25) is 4.79 Å². The fourth-order valence-corrected chi connectivity index (χ4v) is 4.24. The van der Waals surface area contributed by atoms with Gasteiger partial charge in [0, 0.05) is 28.8 Å². The Hall–Kier alpha value is -0.740. The van der Waals surface area contributed by atoms with Gasteiger partial charge >= 0.3 is 0 Å². The van der Waals surface area contributed by atoms with E-state index >= 15 is 0 Å². The molecule has 0 radical (unpaired) electrons. The van der Waals surface area contributed by atoms with Crippen LogP contribution in [0.4, 0.5) is 0 Å². The van der Waals surface area contributed by atoms with Gasteiger partial charge in [-0.05, 0) is 40.9 Å². The lowest BCUT2D eigenvalue weighted by molar-refractivity contribution is -0.127. The number of fused-ring (bicyclic) bond motifs is 1. The molecule has 0 aliphatic carbocycles. The first-order chi connectivity index (χ1) is 8.75. The fourth-order valence-electron chi connectivity index (χ4n) is 2.58. The minimum Gasteiger partial charge on any atom is -0.335 e. The van der Waals surface area contributed by atoms with Gasteiger partial charge in [0.05, 0.1) is 4.48 Å². The highest BCUT2D eigenvalue weighted by molar-refractivity contribution is 9.12. The van der Waals surface area contributed by atoms with E-state index in [9.17, 15) is 4.79 Å². The average molecular weight is 324 g/mol. The highest BCUT2D eigenvalue weighted by Gasteiger charge is 2.36. The topological polar surface area (TPSA) is 20.3 Å². The summed E-state index contributed by atoms with van der Waals surface area (Å²) in [5.41, 5.74) is 0. The summed E-state index contributed by atoms with van der Waals surface area (Å²) >= 11 is 5.19. The van der Waals surface area contributed by atoms with Crippen molar-refractivity contribution in [3.63, 3.8) is 0 Å². The average Bonchev–Trinajstić information content (AvgIpc) is 2.85. The molecule has 4 heteroatoms. The van der Waals surface area contributed by atoms with Crippen LogP contribution in [0.25, 0.3) is 0 Å². The van der Waals surface area contributed by atoms with E-state index in [-0.39, 0.29) is 5.91 Å². The maximum atomic E-state index is 12.2. The van der Waals surface area contributed by atoms with E-state index in [1.165, 1.54) is 9.80 Å².